The zero-order chi connectivity index (χ0) is 21.0. The Hall–Kier alpha value is -1.60. The second-order valence-electron chi connectivity index (χ2n) is 5.33. The van der Waals surface area contributed by atoms with Crippen molar-refractivity contribution in [2.75, 3.05) is 0 Å². The molecule has 0 aliphatic rings. The molecule has 0 bridgehead atoms. The van der Waals surface area contributed by atoms with E-state index >= 15 is 0 Å². The van der Waals surface area contributed by atoms with Crippen LogP contribution >= 0.6 is 38.6 Å². The van der Waals surface area contributed by atoms with Crippen molar-refractivity contribution in [1.82, 2.24) is 0 Å². The third-order valence-electron chi connectivity index (χ3n) is 3.33. The Balaban J connectivity index is 0.000000170. The molecule has 152 valence electrons. The number of hydrogen-bond donors (Lipinski definition) is 0. The smallest absolute Gasteiger partial charge is 0.0499 e. The maximum absolute atomic E-state index is 5.02. The average Bonchev–Trinajstić information content (AvgIpc) is 2.76. The summed E-state index contributed by atoms with van der Waals surface area (Å²) in [5.74, 6) is 0. The number of aromatic nitrogens is 4. The SMILES string of the molecule is [Cl][Os]([Cl])([Cl])[Cl].c1cc[n+](-[n+]2ccccc2)cc1.c1cc[n+](-[n+]2ccccc2)cc1. The van der Waals surface area contributed by atoms with Crippen LogP contribution in [0.5, 0.6) is 0 Å². The van der Waals surface area contributed by atoms with Crippen LogP contribution in [0.3, 0.4) is 0 Å². The summed E-state index contributed by atoms with van der Waals surface area (Å²) in [6.07, 6.45) is 16.0. The van der Waals surface area contributed by atoms with Gasteiger partial charge in [-0.05, 0) is 24.3 Å². The molecule has 0 aliphatic heterocycles. The fourth-order valence-electron chi connectivity index (χ4n) is 2.17. The van der Waals surface area contributed by atoms with Crippen LogP contribution in [0.4, 0.5) is 0 Å². The fraction of sp³-hybridized carbons (Fsp3) is 0. The van der Waals surface area contributed by atoms with Crippen LogP contribution in [0.1, 0.15) is 0 Å². The van der Waals surface area contributed by atoms with Gasteiger partial charge in [0, 0.05) is 48.5 Å². The zero-order valence-electron chi connectivity index (χ0n) is 15.2. The molecule has 4 rings (SSSR count). The minimum Gasteiger partial charge on any atom is -0.0499 e. The van der Waals surface area contributed by atoms with E-state index in [2.05, 4.69) is 0 Å². The fourth-order valence-corrected chi connectivity index (χ4v) is 2.17. The van der Waals surface area contributed by atoms with Crippen LogP contribution in [0, 0.1) is 0 Å². The Morgan fingerprint density at radius 1 is 0.310 bits per heavy atom. The van der Waals surface area contributed by atoms with E-state index in [9.17, 15) is 0 Å². The molecule has 4 aromatic heterocycles. The third-order valence-corrected chi connectivity index (χ3v) is 3.33. The van der Waals surface area contributed by atoms with Gasteiger partial charge in [0.1, 0.15) is 0 Å². The second-order valence-corrected chi connectivity index (χ2v) is 27.3. The van der Waals surface area contributed by atoms with Crippen LogP contribution in [-0.2, 0) is 11.0 Å². The molecule has 0 aromatic carbocycles. The molecular formula is C20H20Cl4N4Os+4. The number of pyridine rings is 4. The summed E-state index contributed by atoms with van der Waals surface area (Å²) < 4.78 is 8.00. The Kier molecular flexibility index (Phi) is 10.5. The van der Waals surface area contributed by atoms with Crippen molar-refractivity contribution in [1.29, 1.82) is 0 Å². The minimum absolute atomic E-state index is 2.00. The third kappa shape index (κ3) is 10.7. The summed E-state index contributed by atoms with van der Waals surface area (Å²) in [6.45, 7) is 0. The predicted octanol–water partition coefficient (Wildman–Crippen LogP) is 3.90. The summed E-state index contributed by atoms with van der Waals surface area (Å²) in [5, 5.41) is 0. The van der Waals surface area contributed by atoms with Gasteiger partial charge in [0.2, 0.25) is 49.6 Å². The Morgan fingerprint density at radius 3 is 0.586 bits per heavy atom. The molecular weight excluding hydrogens is 628 g/mol. The minimum atomic E-state index is -3.17. The van der Waals surface area contributed by atoms with E-state index in [1.807, 2.05) is 141 Å². The van der Waals surface area contributed by atoms with Crippen molar-refractivity contribution >= 4 is 38.6 Å². The van der Waals surface area contributed by atoms with Gasteiger partial charge in [-0.1, -0.05) is 0 Å². The molecule has 0 amide bonds. The molecule has 4 nitrogen and oxygen atoms in total. The van der Waals surface area contributed by atoms with Gasteiger partial charge in [-0.25, -0.2) is 0 Å². The Bertz CT molecular complexity index is 786. The molecule has 0 spiro atoms. The maximum Gasteiger partial charge on any atom is 0.242 e. The predicted molar refractivity (Wildman–Crippen MR) is 112 cm³/mol. The average molecular weight is 648 g/mol. The van der Waals surface area contributed by atoms with Crippen molar-refractivity contribution in [2.24, 2.45) is 0 Å². The van der Waals surface area contributed by atoms with Crippen LogP contribution in [0.15, 0.2) is 122 Å². The summed E-state index contributed by atoms with van der Waals surface area (Å²) in [6, 6.07) is 24.0. The quantitative estimate of drug-likeness (QED) is 0.294. The summed E-state index contributed by atoms with van der Waals surface area (Å²) in [4.78, 5) is 0. The van der Waals surface area contributed by atoms with Gasteiger partial charge < -0.3 is 0 Å². The number of rotatable bonds is 2. The molecule has 0 radical (unpaired) electrons. The summed E-state index contributed by atoms with van der Waals surface area (Å²) >= 11 is -3.17. The van der Waals surface area contributed by atoms with E-state index in [1.165, 1.54) is 0 Å². The maximum atomic E-state index is 5.02. The van der Waals surface area contributed by atoms with Gasteiger partial charge in [0.25, 0.3) is 0 Å². The first-order chi connectivity index (χ1) is 13.9. The normalized spacial score (nSPS) is 10.6. The largest absolute Gasteiger partial charge is 0.242 e. The first-order valence-electron chi connectivity index (χ1n) is 8.33. The summed E-state index contributed by atoms with van der Waals surface area (Å²) in [7, 11) is 20.1. The molecule has 0 saturated heterocycles. The van der Waals surface area contributed by atoms with Gasteiger partial charge in [0.05, 0.1) is 18.7 Å². The molecule has 0 atom stereocenters. The van der Waals surface area contributed by atoms with Gasteiger partial charge in [-0.2, -0.15) is 0 Å². The number of nitrogens with zero attached hydrogens (tertiary/aromatic N) is 4. The second kappa shape index (κ2) is 12.9. The standard InChI is InChI=1S/2C10H10N2.4ClH.Os/c2*1-3-7-11(8-4-1)12-9-5-2-6-10-12;;;;;/h2*1-10H;4*1H;/q2*+2;;;;;+4/p-4. The first kappa shape index (κ1) is 23.7. The van der Waals surface area contributed by atoms with E-state index in [1.54, 1.807) is 0 Å². The van der Waals surface area contributed by atoms with Crippen molar-refractivity contribution in [3.8, 4) is 0 Å². The Labute approximate surface area is 189 Å². The van der Waals surface area contributed by atoms with Crippen molar-refractivity contribution in [3.63, 3.8) is 0 Å². The van der Waals surface area contributed by atoms with Crippen LogP contribution in [-0.4, -0.2) is 0 Å². The molecule has 4 heterocycles. The van der Waals surface area contributed by atoms with Crippen LogP contribution in [0.25, 0.3) is 0 Å². The number of halogens is 4. The molecule has 29 heavy (non-hydrogen) atoms. The van der Waals surface area contributed by atoms with E-state index in [0.29, 0.717) is 0 Å². The van der Waals surface area contributed by atoms with Gasteiger partial charge in [0.15, 0.2) is 0 Å². The molecule has 0 fully saturated rings. The van der Waals surface area contributed by atoms with Gasteiger partial charge in [-0.15, -0.1) is 0 Å². The Morgan fingerprint density at radius 2 is 0.448 bits per heavy atom. The van der Waals surface area contributed by atoms with E-state index in [0.717, 1.165) is 0 Å². The van der Waals surface area contributed by atoms with Crippen LogP contribution < -0.4 is 18.7 Å². The van der Waals surface area contributed by atoms with Crippen LogP contribution in [0.2, 0.25) is 0 Å². The molecule has 0 N–H and O–H groups in total. The molecule has 4 aromatic rings. The van der Waals surface area contributed by atoms with Gasteiger partial charge >= 0.3 is 49.6 Å². The van der Waals surface area contributed by atoms with Crippen molar-refractivity contribution in [3.05, 3.63) is 122 Å². The zero-order valence-corrected chi connectivity index (χ0v) is 20.8. The monoisotopic (exact) mass is 648 g/mol. The molecule has 0 unspecified atom stereocenters. The molecule has 9 heteroatoms. The molecule has 0 saturated carbocycles. The van der Waals surface area contributed by atoms with E-state index < -0.39 is 11.0 Å². The van der Waals surface area contributed by atoms with Crippen molar-refractivity contribution < 1.29 is 29.7 Å². The topological polar surface area (TPSA) is 15.5 Å². The number of hydrogen-bond acceptors (Lipinski definition) is 0. The van der Waals surface area contributed by atoms with Gasteiger partial charge in [-0.3, -0.25) is 0 Å². The summed E-state index contributed by atoms with van der Waals surface area (Å²) in [5.41, 5.74) is 0. The molecule has 0 aliphatic carbocycles. The van der Waals surface area contributed by atoms with E-state index in [-0.39, 0.29) is 0 Å². The van der Waals surface area contributed by atoms with E-state index in [4.69, 9.17) is 38.6 Å². The first-order valence-corrected chi connectivity index (χ1v) is 20.9. The van der Waals surface area contributed by atoms with Crippen molar-refractivity contribution in [2.45, 2.75) is 0 Å².